The van der Waals surface area contributed by atoms with Gasteiger partial charge in [0.05, 0.1) is 11.4 Å². The number of piperidine rings is 3. The molecule has 0 spiro atoms. The van der Waals surface area contributed by atoms with E-state index >= 15 is 0 Å². The molecule has 5 nitrogen and oxygen atoms in total. The summed E-state index contributed by atoms with van der Waals surface area (Å²) in [4.78, 5) is 11.7. The summed E-state index contributed by atoms with van der Waals surface area (Å²) >= 11 is 0. The highest BCUT2D eigenvalue weighted by molar-refractivity contribution is 5.91. The lowest BCUT2D eigenvalue weighted by Gasteiger charge is -2.45. The van der Waals surface area contributed by atoms with E-state index in [-0.39, 0.29) is 0 Å². The van der Waals surface area contributed by atoms with Crippen LogP contribution in [-0.4, -0.2) is 39.1 Å². The van der Waals surface area contributed by atoms with E-state index < -0.39 is 0 Å². The third kappa shape index (κ3) is 1.80. The van der Waals surface area contributed by atoms with E-state index in [2.05, 4.69) is 28.3 Å². The Kier molecular flexibility index (Phi) is 2.76. The molecule has 1 unspecified atom stereocenters. The topological polar surface area (TPSA) is 60.0 Å². The van der Waals surface area contributed by atoms with Crippen LogP contribution in [0.15, 0.2) is 0 Å². The molecular formula is C16H23N5. The summed E-state index contributed by atoms with van der Waals surface area (Å²) in [5.74, 6) is 2.17. The number of aromatic nitrogens is 3. The van der Waals surface area contributed by atoms with E-state index in [1.165, 1.54) is 37.2 Å². The molecule has 2 bridgehead atoms. The molecule has 2 aromatic rings. The molecule has 3 fully saturated rings. The van der Waals surface area contributed by atoms with Gasteiger partial charge in [-0.25, -0.2) is 9.97 Å². The summed E-state index contributed by atoms with van der Waals surface area (Å²) in [7, 11) is 0. The van der Waals surface area contributed by atoms with Crippen LogP contribution in [0, 0.1) is 26.7 Å². The molecule has 1 atom stereocenters. The van der Waals surface area contributed by atoms with Crippen LogP contribution < -0.4 is 5.73 Å². The van der Waals surface area contributed by atoms with Gasteiger partial charge in [-0.3, -0.25) is 0 Å². The second-order valence-electron chi connectivity index (χ2n) is 6.64. The largest absolute Gasteiger partial charge is 0.383 e. The lowest BCUT2D eigenvalue weighted by Crippen LogP contribution is -2.48. The minimum atomic E-state index is 0.539. The van der Waals surface area contributed by atoms with Crippen LogP contribution >= 0.6 is 0 Å². The molecule has 112 valence electrons. The lowest BCUT2D eigenvalue weighted by molar-refractivity contribution is 0.0579. The Balaban J connectivity index is 1.94. The number of nitrogens with two attached hydrogens (primary N) is 1. The fourth-order valence-electron chi connectivity index (χ4n) is 4.27. The molecule has 2 aromatic heterocycles. The number of aryl methyl sites for hydroxylation is 2. The summed E-state index contributed by atoms with van der Waals surface area (Å²) in [6.45, 7) is 9.93. The maximum Gasteiger partial charge on any atom is 0.146 e. The van der Waals surface area contributed by atoms with Crippen LogP contribution in [0.5, 0.6) is 0 Å². The van der Waals surface area contributed by atoms with Crippen molar-refractivity contribution in [2.75, 3.05) is 25.4 Å². The molecule has 5 heterocycles. The van der Waals surface area contributed by atoms with Gasteiger partial charge >= 0.3 is 0 Å². The van der Waals surface area contributed by atoms with Gasteiger partial charge in [0.1, 0.15) is 17.3 Å². The van der Waals surface area contributed by atoms with Gasteiger partial charge in [-0.1, -0.05) is 0 Å². The number of nitrogens with zero attached hydrogens (tertiary/aromatic N) is 4. The normalized spacial score (nSPS) is 28.4. The molecule has 2 N–H and O–H groups in total. The first kappa shape index (κ1) is 13.1. The molecule has 5 rings (SSSR count). The van der Waals surface area contributed by atoms with Crippen molar-refractivity contribution in [1.82, 2.24) is 19.4 Å². The number of rotatable bonds is 1. The van der Waals surface area contributed by atoms with Gasteiger partial charge in [-0.15, -0.1) is 0 Å². The van der Waals surface area contributed by atoms with Crippen molar-refractivity contribution in [2.45, 2.75) is 39.7 Å². The van der Waals surface area contributed by atoms with Crippen molar-refractivity contribution in [1.29, 1.82) is 0 Å². The molecule has 21 heavy (non-hydrogen) atoms. The Morgan fingerprint density at radius 1 is 1.10 bits per heavy atom. The van der Waals surface area contributed by atoms with Gasteiger partial charge in [0.25, 0.3) is 0 Å². The molecule has 0 aromatic carbocycles. The number of nitrogen functional groups attached to an aromatic ring is 1. The van der Waals surface area contributed by atoms with Crippen LogP contribution in [0.3, 0.4) is 0 Å². The zero-order valence-corrected chi connectivity index (χ0v) is 13.1. The fourth-order valence-corrected chi connectivity index (χ4v) is 4.27. The minimum absolute atomic E-state index is 0.539. The average Bonchev–Trinajstić information content (AvgIpc) is 2.71. The Bertz CT molecular complexity index is 709. The molecule has 0 aliphatic carbocycles. The Morgan fingerprint density at radius 3 is 2.43 bits per heavy atom. The summed E-state index contributed by atoms with van der Waals surface area (Å²) in [6, 6.07) is 0.539. The van der Waals surface area contributed by atoms with Crippen molar-refractivity contribution in [3.63, 3.8) is 0 Å². The molecule has 5 heteroatoms. The zero-order chi connectivity index (χ0) is 14.7. The van der Waals surface area contributed by atoms with Crippen LogP contribution in [0.4, 0.5) is 5.82 Å². The zero-order valence-electron chi connectivity index (χ0n) is 13.1. The minimum Gasteiger partial charge on any atom is -0.383 e. The van der Waals surface area contributed by atoms with Gasteiger partial charge in [-0.05, 0) is 58.2 Å². The first-order valence-corrected chi connectivity index (χ1v) is 7.90. The lowest BCUT2D eigenvalue weighted by atomic mass is 9.84. The Morgan fingerprint density at radius 2 is 1.81 bits per heavy atom. The summed E-state index contributed by atoms with van der Waals surface area (Å²) in [5, 5.41) is 1.05. The van der Waals surface area contributed by atoms with Crippen LogP contribution in [0.2, 0.25) is 0 Å². The van der Waals surface area contributed by atoms with Gasteiger partial charge in [0, 0.05) is 12.2 Å². The van der Waals surface area contributed by atoms with E-state index in [9.17, 15) is 0 Å². The quantitative estimate of drug-likeness (QED) is 0.872. The number of hydrogen-bond donors (Lipinski definition) is 1. The van der Waals surface area contributed by atoms with E-state index in [0.717, 1.165) is 29.3 Å². The molecule has 3 aliphatic rings. The number of hydrogen-bond acceptors (Lipinski definition) is 4. The van der Waals surface area contributed by atoms with E-state index in [1.807, 2.05) is 6.92 Å². The monoisotopic (exact) mass is 285 g/mol. The first-order valence-electron chi connectivity index (χ1n) is 7.90. The summed E-state index contributed by atoms with van der Waals surface area (Å²) in [5.41, 5.74) is 9.74. The maximum absolute atomic E-state index is 6.17. The van der Waals surface area contributed by atoms with Crippen LogP contribution in [0.25, 0.3) is 11.0 Å². The molecule has 3 aliphatic heterocycles. The van der Waals surface area contributed by atoms with Gasteiger partial charge < -0.3 is 15.2 Å². The second-order valence-corrected chi connectivity index (χ2v) is 6.64. The van der Waals surface area contributed by atoms with Gasteiger partial charge in [0.2, 0.25) is 0 Å². The highest BCUT2D eigenvalue weighted by atomic mass is 15.2. The predicted molar refractivity (Wildman–Crippen MR) is 84.4 cm³/mol. The van der Waals surface area contributed by atoms with Crippen molar-refractivity contribution >= 4 is 16.9 Å². The predicted octanol–water partition coefficient (Wildman–Crippen LogP) is 2.21. The SMILES string of the molecule is Cc1nc(N)c2c(C)c(C)n(C3CN4CCC3CC4)c2n1. The molecule has 0 saturated carbocycles. The molecule has 0 radical (unpaired) electrons. The van der Waals surface area contributed by atoms with E-state index in [4.69, 9.17) is 10.7 Å². The van der Waals surface area contributed by atoms with Crippen molar-refractivity contribution in [3.8, 4) is 0 Å². The third-order valence-electron chi connectivity index (χ3n) is 5.49. The maximum atomic E-state index is 6.17. The van der Waals surface area contributed by atoms with Gasteiger partial charge in [0.15, 0.2) is 0 Å². The van der Waals surface area contributed by atoms with Crippen molar-refractivity contribution in [2.24, 2.45) is 5.92 Å². The Hall–Kier alpha value is -1.62. The summed E-state index contributed by atoms with van der Waals surface area (Å²) < 4.78 is 2.45. The molecular weight excluding hydrogens is 262 g/mol. The smallest absolute Gasteiger partial charge is 0.146 e. The Labute approximate surface area is 125 Å². The molecule has 0 amide bonds. The second kappa shape index (κ2) is 4.44. The van der Waals surface area contributed by atoms with Crippen LogP contribution in [-0.2, 0) is 0 Å². The highest BCUT2D eigenvalue weighted by Gasteiger charge is 2.37. The standard InChI is InChI=1S/C16H23N5/c1-9-10(2)21(13-8-20-6-4-12(13)5-7-20)16-14(9)15(17)18-11(3)19-16/h12-13H,4-8H2,1-3H3,(H2,17,18,19). The van der Waals surface area contributed by atoms with E-state index in [1.54, 1.807) is 0 Å². The van der Waals surface area contributed by atoms with Crippen molar-refractivity contribution < 1.29 is 0 Å². The third-order valence-corrected chi connectivity index (χ3v) is 5.49. The number of fused-ring (bicyclic) bond motifs is 4. The fraction of sp³-hybridized carbons (Fsp3) is 0.625. The van der Waals surface area contributed by atoms with E-state index in [0.29, 0.717) is 11.9 Å². The van der Waals surface area contributed by atoms with Gasteiger partial charge in [-0.2, -0.15) is 0 Å². The van der Waals surface area contributed by atoms with Crippen molar-refractivity contribution in [3.05, 3.63) is 17.1 Å². The number of anilines is 1. The first-order chi connectivity index (χ1) is 10.1. The molecule has 3 saturated heterocycles. The average molecular weight is 285 g/mol. The van der Waals surface area contributed by atoms with Crippen LogP contribution in [0.1, 0.15) is 36.0 Å². The summed E-state index contributed by atoms with van der Waals surface area (Å²) in [6.07, 6.45) is 2.62. The highest BCUT2D eigenvalue weighted by Crippen LogP contribution is 2.40.